The van der Waals surface area contributed by atoms with Gasteiger partial charge in [-0.3, -0.25) is 0 Å². The highest BCUT2D eigenvalue weighted by Gasteiger charge is 2.59. The minimum Gasteiger partial charge on any atom is -0.378 e. The van der Waals surface area contributed by atoms with Crippen molar-refractivity contribution >= 4 is 6.03 Å². The maximum atomic E-state index is 11.1. The zero-order chi connectivity index (χ0) is 14.2. The molecule has 5 heteroatoms. The molecule has 2 atom stereocenters. The van der Waals surface area contributed by atoms with Gasteiger partial charge in [0.1, 0.15) is 0 Å². The first-order chi connectivity index (χ1) is 9.65. The Labute approximate surface area is 121 Å². The summed E-state index contributed by atoms with van der Waals surface area (Å²) in [6.07, 6.45) is 7.66. The smallest absolute Gasteiger partial charge is 0.314 e. The molecule has 3 fully saturated rings. The van der Waals surface area contributed by atoms with E-state index in [0.29, 0.717) is 23.6 Å². The number of carbonyl (C=O) groups excluding carboxylic acids is 1. The van der Waals surface area contributed by atoms with Crippen LogP contribution in [0.4, 0.5) is 4.79 Å². The van der Waals surface area contributed by atoms with Crippen LogP contribution in [0.1, 0.15) is 45.4 Å². The highest BCUT2D eigenvalue weighted by Crippen LogP contribution is 2.57. The molecule has 2 aliphatic carbocycles. The number of hydrogen-bond donors (Lipinski definition) is 2. The van der Waals surface area contributed by atoms with Gasteiger partial charge in [-0.05, 0) is 39.0 Å². The quantitative estimate of drug-likeness (QED) is 0.820. The highest BCUT2D eigenvalue weighted by molar-refractivity contribution is 5.72. The Morgan fingerprint density at radius 2 is 2.10 bits per heavy atom. The van der Waals surface area contributed by atoms with Crippen molar-refractivity contribution in [2.75, 3.05) is 19.7 Å². The summed E-state index contributed by atoms with van der Waals surface area (Å²) in [6.45, 7) is 4.51. The van der Waals surface area contributed by atoms with Crippen LogP contribution in [-0.4, -0.2) is 48.8 Å². The van der Waals surface area contributed by atoms with Crippen molar-refractivity contribution in [3.05, 3.63) is 0 Å². The SMILES string of the molecule is CCO[C@@H]1C[C@@H](NC2CCN(C(N)=O)CC2)C12CCC2. The van der Waals surface area contributed by atoms with Gasteiger partial charge in [0.2, 0.25) is 0 Å². The van der Waals surface area contributed by atoms with E-state index in [1.165, 1.54) is 19.3 Å². The van der Waals surface area contributed by atoms with Crippen LogP contribution in [0.15, 0.2) is 0 Å². The zero-order valence-electron chi connectivity index (χ0n) is 12.4. The number of urea groups is 1. The number of nitrogens with two attached hydrogens (primary N) is 1. The largest absolute Gasteiger partial charge is 0.378 e. The van der Waals surface area contributed by atoms with Crippen LogP contribution >= 0.6 is 0 Å². The molecule has 2 saturated carbocycles. The number of likely N-dealkylation sites (tertiary alicyclic amines) is 1. The van der Waals surface area contributed by atoms with E-state index in [9.17, 15) is 4.79 Å². The Kier molecular flexibility index (Phi) is 3.91. The van der Waals surface area contributed by atoms with Crippen molar-refractivity contribution in [2.45, 2.75) is 63.6 Å². The number of primary amides is 1. The third-order valence-electron chi connectivity index (χ3n) is 5.68. The molecule has 3 N–H and O–H groups in total. The summed E-state index contributed by atoms with van der Waals surface area (Å²) in [6, 6.07) is 0.882. The number of rotatable bonds is 4. The Balaban J connectivity index is 1.49. The van der Waals surface area contributed by atoms with Crippen LogP contribution < -0.4 is 11.1 Å². The van der Waals surface area contributed by atoms with Crippen LogP contribution in [0.3, 0.4) is 0 Å². The van der Waals surface area contributed by atoms with Crippen molar-refractivity contribution in [1.29, 1.82) is 0 Å². The Hall–Kier alpha value is -0.810. The third-order valence-corrected chi connectivity index (χ3v) is 5.68. The van der Waals surface area contributed by atoms with E-state index in [0.717, 1.165) is 39.0 Å². The zero-order valence-corrected chi connectivity index (χ0v) is 12.4. The molecule has 114 valence electrons. The summed E-state index contributed by atoms with van der Waals surface area (Å²) in [5.41, 5.74) is 5.75. The van der Waals surface area contributed by atoms with E-state index < -0.39 is 0 Å². The fraction of sp³-hybridized carbons (Fsp3) is 0.933. The van der Waals surface area contributed by atoms with Crippen LogP contribution in [0, 0.1) is 5.41 Å². The van der Waals surface area contributed by atoms with Crippen LogP contribution in [0.5, 0.6) is 0 Å². The number of nitrogens with zero attached hydrogens (tertiary/aromatic N) is 1. The molecule has 2 amide bonds. The number of ether oxygens (including phenoxy) is 1. The lowest BCUT2D eigenvalue weighted by molar-refractivity contribution is -0.175. The minimum absolute atomic E-state index is 0.279. The first kappa shape index (κ1) is 14.1. The first-order valence-corrected chi connectivity index (χ1v) is 8.08. The second-order valence-corrected chi connectivity index (χ2v) is 6.59. The van der Waals surface area contributed by atoms with Gasteiger partial charge in [0.15, 0.2) is 0 Å². The van der Waals surface area contributed by atoms with Crippen molar-refractivity contribution in [1.82, 2.24) is 10.2 Å². The molecule has 1 heterocycles. The number of carbonyl (C=O) groups is 1. The van der Waals surface area contributed by atoms with Crippen LogP contribution in [0.2, 0.25) is 0 Å². The van der Waals surface area contributed by atoms with E-state index in [1.54, 1.807) is 4.90 Å². The number of nitrogens with one attached hydrogen (secondary N) is 1. The van der Waals surface area contributed by atoms with Gasteiger partial charge in [-0.15, -0.1) is 0 Å². The summed E-state index contributed by atoms with van der Waals surface area (Å²) in [7, 11) is 0. The Morgan fingerprint density at radius 1 is 1.40 bits per heavy atom. The van der Waals surface area contributed by atoms with Gasteiger partial charge in [-0.25, -0.2) is 4.79 Å². The first-order valence-electron chi connectivity index (χ1n) is 8.08. The van der Waals surface area contributed by atoms with E-state index in [-0.39, 0.29) is 6.03 Å². The Morgan fingerprint density at radius 3 is 2.60 bits per heavy atom. The summed E-state index contributed by atoms with van der Waals surface area (Å²) in [4.78, 5) is 12.9. The molecule has 0 aromatic rings. The van der Waals surface area contributed by atoms with E-state index in [2.05, 4.69) is 12.2 Å². The van der Waals surface area contributed by atoms with Gasteiger partial charge in [0.05, 0.1) is 6.10 Å². The van der Waals surface area contributed by atoms with Crippen LogP contribution in [-0.2, 0) is 4.74 Å². The molecule has 0 bridgehead atoms. The lowest BCUT2D eigenvalue weighted by atomic mass is 9.51. The van der Waals surface area contributed by atoms with Crippen molar-refractivity contribution in [2.24, 2.45) is 11.1 Å². The molecular weight excluding hydrogens is 254 g/mol. The average Bonchev–Trinajstić information content (AvgIpc) is 2.36. The summed E-state index contributed by atoms with van der Waals surface area (Å²) >= 11 is 0. The molecule has 1 spiro atoms. The van der Waals surface area contributed by atoms with Gasteiger partial charge >= 0.3 is 6.03 Å². The molecular formula is C15H27N3O2. The monoisotopic (exact) mass is 281 g/mol. The van der Waals surface area contributed by atoms with Gasteiger partial charge in [-0.2, -0.15) is 0 Å². The summed E-state index contributed by atoms with van der Waals surface area (Å²) < 4.78 is 5.89. The molecule has 0 unspecified atom stereocenters. The standard InChI is InChI=1S/C15H27N3O2/c1-2-20-13-10-12(15(13)6-3-7-15)17-11-4-8-18(9-5-11)14(16)19/h11-13,17H,2-10H2,1H3,(H2,16,19)/t12-,13-/m1/s1. The molecule has 0 aromatic carbocycles. The lowest BCUT2D eigenvalue weighted by Gasteiger charge is -2.62. The van der Waals surface area contributed by atoms with E-state index in [4.69, 9.17) is 10.5 Å². The van der Waals surface area contributed by atoms with Gasteiger partial charge in [-0.1, -0.05) is 6.42 Å². The minimum atomic E-state index is -0.279. The van der Waals surface area contributed by atoms with E-state index in [1.807, 2.05) is 0 Å². The van der Waals surface area contributed by atoms with Gasteiger partial charge < -0.3 is 20.7 Å². The number of amides is 2. The predicted molar refractivity (Wildman–Crippen MR) is 77.4 cm³/mol. The molecule has 1 aliphatic heterocycles. The molecule has 20 heavy (non-hydrogen) atoms. The molecule has 1 saturated heterocycles. The van der Waals surface area contributed by atoms with Crippen molar-refractivity contribution < 1.29 is 9.53 Å². The van der Waals surface area contributed by atoms with Crippen LogP contribution in [0.25, 0.3) is 0 Å². The fourth-order valence-corrected chi connectivity index (χ4v) is 4.22. The topological polar surface area (TPSA) is 67.6 Å². The second kappa shape index (κ2) is 5.53. The predicted octanol–water partition coefficient (Wildman–Crippen LogP) is 1.47. The normalized spacial score (nSPS) is 32.8. The number of hydrogen-bond acceptors (Lipinski definition) is 3. The summed E-state index contributed by atoms with van der Waals surface area (Å²) in [5.74, 6) is 0. The molecule has 0 radical (unpaired) electrons. The van der Waals surface area contributed by atoms with E-state index >= 15 is 0 Å². The average molecular weight is 281 g/mol. The fourth-order valence-electron chi connectivity index (χ4n) is 4.22. The molecule has 0 aromatic heterocycles. The Bertz CT molecular complexity index is 362. The summed E-state index contributed by atoms with van der Waals surface area (Å²) in [5, 5.41) is 3.84. The number of piperidine rings is 1. The molecule has 3 aliphatic rings. The van der Waals surface area contributed by atoms with Gasteiger partial charge in [0, 0.05) is 37.2 Å². The lowest BCUT2D eigenvalue weighted by Crippen LogP contribution is -2.68. The highest BCUT2D eigenvalue weighted by atomic mass is 16.5. The van der Waals surface area contributed by atoms with Gasteiger partial charge in [0.25, 0.3) is 0 Å². The van der Waals surface area contributed by atoms with Crippen molar-refractivity contribution in [3.63, 3.8) is 0 Å². The second-order valence-electron chi connectivity index (χ2n) is 6.59. The molecule has 3 rings (SSSR count). The maximum absolute atomic E-state index is 11.1. The molecule has 5 nitrogen and oxygen atoms in total. The van der Waals surface area contributed by atoms with Crippen molar-refractivity contribution in [3.8, 4) is 0 Å². The third kappa shape index (κ3) is 2.31. The maximum Gasteiger partial charge on any atom is 0.314 e.